The number of nitrogens with zero attached hydrogens (tertiary/aromatic N) is 1. The van der Waals surface area contributed by atoms with Crippen LogP contribution in [0.4, 0.5) is 11.4 Å². The summed E-state index contributed by atoms with van der Waals surface area (Å²) in [6.07, 6.45) is 1.79. The molecule has 0 aliphatic carbocycles. The number of aryl methyl sites for hydroxylation is 1. The van der Waals surface area contributed by atoms with Crippen molar-refractivity contribution in [2.24, 2.45) is 0 Å². The highest BCUT2D eigenvalue weighted by Gasteiger charge is 2.28. The van der Waals surface area contributed by atoms with Crippen LogP contribution in [0.15, 0.2) is 71.6 Å². The molecular weight excluding hydrogens is 440 g/mol. The summed E-state index contributed by atoms with van der Waals surface area (Å²) in [7, 11) is -0.593. The van der Waals surface area contributed by atoms with Crippen molar-refractivity contribution >= 4 is 27.3 Å². The van der Waals surface area contributed by atoms with Crippen LogP contribution < -0.4 is 19.1 Å². The molecule has 0 spiro atoms. The van der Waals surface area contributed by atoms with Crippen molar-refractivity contribution in [1.29, 1.82) is 0 Å². The summed E-state index contributed by atoms with van der Waals surface area (Å²) >= 11 is 0. The largest absolute Gasteiger partial charge is 0.493 e. The van der Waals surface area contributed by atoms with E-state index < -0.39 is 10.0 Å². The molecule has 172 valence electrons. The van der Waals surface area contributed by atoms with Gasteiger partial charge >= 0.3 is 0 Å². The van der Waals surface area contributed by atoms with Crippen molar-refractivity contribution in [2.45, 2.75) is 24.2 Å². The SMILES string of the molecule is COc1ccc(CC(=O)Nc2ccc(S(=O)(=O)N3CCCc4ccccc43)cc2)cc1OC. The van der Waals surface area contributed by atoms with Gasteiger partial charge in [-0.15, -0.1) is 0 Å². The Labute approximate surface area is 194 Å². The van der Waals surface area contributed by atoms with Gasteiger partial charge in [0.25, 0.3) is 10.0 Å². The number of sulfonamides is 1. The summed E-state index contributed by atoms with van der Waals surface area (Å²) in [6, 6.07) is 19.2. The highest BCUT2D eigenvalue weighted by atomic mass is 32.2. The Kier molecular flexibility index (Phi) is 6.55. The maximum atomic E-state index is 13.3. The van der Waals surface area contributed by atoms with Crippen LogP contribution in [0.3, 0.4) is 0 Å². The van der Waals surface area contributed by atoms with Crippen LogP contribution >= 0.6 is 0 Å². The molecule has 1 aliphatic rings. The van der Waals surface area contributed by atoms with Crippen LogP contribution in [-0.4, -0.2) is 35.1 Å². The molecule has 1 heterocycles. The number of ether oxygens (including phenoxy) is 2. The van der Waals surface area contributed by atoms with E-state index in [2.05, 4.69) is 5.32 Å². The van der Waals surface area contributed by atoms with Crippen molar-refractivity contribution < 1.29 is 22.7 Å². The normalized spacial score (nSPS) is 13.2. The number of rotatable bonds is 7. The molecule has 33 heavy (non-hydrogen) atoms. The fraction of sp³-hybridized carbons (Fsp3) is 0.240. The highest BCUT2D eigenvalue weighted by Crippen LogP contribution is 2.32. The van der Waals surface area contributed by atoms with Gasteiger partial charge < -0.3 is 14.8 Å². The number of carbonyl (C=O) groups is 1. The van der Waals surface area contributed by atoms with Gasteiger partial charge in [0.15, 0.2) is 11.5 Å². The fourth-order valence-electron chi connectivity index (χ4n) is 3.97. The number of para-hydroxylation sites is 1. The first kappa shape index (κ1) is 22.7. The molecule has 3 aromatic carbocycles. The van der Waals surface area contributed by atoms with Gasteiger partial charge in [-0.25, -0.2) is 8.42 Å². The molecule has 0 bridgehead atoms. The topological polar surface area (TPSA) is 84.9 Å². The van der Waals surface area contributed by atoms with Gasteiger partial charge in [-0.1, -0.05) is 24.3 Å². The van der Waals surface area contributed by atoms with E-state index in [1.807, 2.05) is 24.3 Å². The second-order valence-corrected chi connectivity index (χ2v) is 9.61. The zero-order chi connectivity index (χ0) is 23.4. The van der Waals surface area contributed by atoms with Crippen molar-refractivity contribution in [3.63, 3.8) is 0 Å². The average Bonchev–Trinajstić information content (AvgIpc) is 2.83. The molecule has 0 saturated heterocycles. The molecule has 8 heteroatoms. The first-order valence-corrected chi connectivity index (χ1v) is 12.1. The van der Waals surface area contributed by atoms with Crippen LogP contribution in [0.2, 0.25) is 0 Å². The monoisotopic (exact) mass is 466 g/mol. The Morgan fingerprint density at radius 2 is 1.70 bits per heavy atom. The van der Waals surface area contributed by atoms with E-state index in [0.29, 0.717) is 23.7 Å². The van der Waals surface area contributed by atoms with E-state index in [1.54, 1.807) is 44.6 Å². The number of hydrogen-bond acceptors (Lipinski definition) is 5. The molecule has 3 aromatic rings. The molecule has 0 radical (unpaired) electrons. The fourth-order valence-corrected chi connectivity index (χ4v) is 5.51. The second-order valence-electron chi connectivity index (χ2n) is 7.75. The van der Waals surface area contributed by atoms with E-state index in [4.69, 9.17) is 9.47 Å². The van der Waals surface area contributed by atoms with E-state index >= 15 is 0 Å². The summed E-state index contributed by atoms with van der Waals surface area (Å²) in [5.74, 6) is 0.925. The quantitative estimate of drug-likeness (QED) is 0.568. The predicted octanol–water partition coefficient (Wildman–Crippen LogP) is 4.03. The van der Waals surface area contributed by atoms with Crippen LogP contribution in [0, 0.1) is 0 Å². The number of nitrogens with one attached hydrogen (secondary N) is 1. The molecule has 1 N–H and O–H groups in total. The smallest absolute Gasteiger partial charge is 0.264 e. The number of anilines is 2. The van der Waals surface area contributed by atoms with Crippen molar-refractivity contribution in [1.82, 2.24) is 0 Å². The summed E-state index contributed by atoms with van der Waals surface area (Å²) in [4.78, 5) is 12.7. The summed E-state index contributed by atoms with van der Waals surface area (Å²) in [5.41, 5.74) is 3.06. The Hall–Kier alpha value is -3.52. The summed E-state index contributed by atoms with van der Waals surface area (Å²) < 4.78 is 38.5. The van der Waals surface area contributed by atoms with E-state index in [9.17, 15) is 13.2 Å². The number of carbonyl (C=O) groups excluding carboxylic acids is 1. The maximum absolute atomic E-state index is 13.3. The summed E-state index contributed by atoms with van der Waals surface area (Å²) in [5, 5.41) is 2.81. The number of fused-ring (bicyclic) bond motifs is 1. The molecule has 7 nitrogen and oxygen atoms in total. The van der Waals surface area contributed by atoms with Gasteiger partial charge in [0, 0.05) is 12.2 Å². The average molecular weight is 467 g/mol. The lowest BCUT2D eigenvalue weighted by Gasteiger charge is -2.30. The minimum absolute atomic E-state index is 0.144. The number of hydrogen-bond donors (Lipinski definition) is 1. The van der Waals surface area contributed by atoms with Crippen LogP contribution in [0.1, 0.15) is 17.5 Å². The number of methoxy groups -OCH3 is 2. The molecule has 1 amide bonds. The molecule has 0 fully saturated rings. The minimum Gasteiger partial charge on any atom is -0.493 e. The lowest BCUT2D eigenvalue weighted by Crippen LogP contribution is -2.35. The molecule has 4 rings (SSSR count). The van der Waals surface area contributed by atoms with E-state index in [0.717, 1.165) is 29.7 Å². The van der Waals surface area contributed by atoms with Gasteiger partial charge in [-0.05, 0) is 66.4 Å². The Morgan fingerprint density at radius 1 is 0.970 bits per heavy atom. The third-order valence-corrected chi connectivity index (χ3v) is 7.43. The zero-order valence-electron chi connectivity index (χ0n) is 18.6. The lowest BCUT2D eigenvalue weighted by atomic mass is 10.0. The van der Waals surface area contributed by atoms with Crippen molar-refractivity contribution in [2.75, 3.05) is 30.4 Å². The molecule has 1 aliphatic heterocycles. The molecule has 0 atom stereocenters. The second kappa shape index (κ2) is 9.54. The lowest BCUT2D eigenvalue weighted by molar-refractivity contribution is -0.115. The van der Waals surface area contributed by atoms with Crippen LogP contribution in [0.25, 0.3) is 0 Å². The van der Waals surface area contributed by atoms with Gasteiger partial charge in [-0.2, -0.15) is 0 Å². The van der Waals surface area contributed by atoms with Crippen LogP contribution in [0.5, 0.6) is 11.5 Å². The first-order chi connectivity index (χ1) is 15.9. The molecular formula is C25H26N2O5S. The Morgan fingerprint density at radius 3 is 2.42 bits per heavy atom. The third kappa shape index (κ3) is 4.80. The number of amides is 1. The van der Waals surface area contributed by atoms with Gasteiger partial charge in [0.2, 0.25) is 5.91 Å². The maximum Gasteiger partial charge on any atom is 0.264 e. The van der Waals surface area contributed by atoms with Crippen molar-refractivity contribution in [3.05, 3.63) is 77.9 Å². The first-order valence-electron chi connectivity index (χ1n) is 10.6. The van der Waals surface area contributed by atoms with E-state index in [-0.39, 0.29) is 17.2 Å². The summed E-state index contributed by atoms with van der Waals surface area (Å²) in [6.45, 7) is 0.448. The molecule has 0 aromatic heterocycles. The van der Waals surface area contributed by atoms with Crippen LogP contribution in [-0.2, 0) is 27.7 Å². The molecule has 0 saturated carbocycles. The van der Waals surface area contributed by atoms with Gasteiger partial charge in [-0.3, -0.25) is 9.10 Å². The van der Waals surface area contributed by atoms with E-state index in [1.165, 1.54) is 16.4 Å². The Bertz CT molecular complexity index is 1260. The standard InChI is InChI=1S/C25H26N2O5S/c1-31-23-14-9-18(16-24(23)32-2)17-25(28)26-20-10-12-21(13-11-20)33(29,30)27-15-5-7-19-6-3-4-8-22(19)27/h3-4,6,8-14,16H,5,7,15,17H2,1-2H3,(H,26,28). The Balaban J connectivity index is 1.46. The minimum atomic E-state index is -3.69. The van der Waals surface area contributed by atoms with Crippen molar-refractivity contribution in [3.8, 4) is 11.5 Å². The predicted molar refractivity (Wildman–Crippen MR) is 128 cm³/mol. The number of benzene rings is 3. The van der Waals surface area contributed by atoms with Gasteiger partial charge in [0.05, 0.1) is 31.2 Å². The molecule has 0 unspecified atom stereocenters. The highest BCUT2D eigenvalue weighted by molar-refractivity contribution is 7.92. The van der Waals surface area contributed by atoms with Gasteiger partial charge in [0.1, 0.15) is 0 Å². The zero-order valence-corrected chi connectivity index (χ0v) is 19.4. The third-order valence-electron chi connectivity index (χ3n) is 5.61.